The summed E-state index contributed by atoms with van der Waals surface area (Å²) >= 11 is 1.79. The Hall–Kier alpha value is -0.550. The van der Waals surface area contributed by atoms with Crippen LogP contribution in [0.25, 0.3) is 0 Å². The van der Waals surface area contributed by atoms with Crippen molar-refractivity contribution in [2.75, 3.05) is 45.6 Å². The fourth-order valence-electron chi connectivity index (χ4n) is 2.54. The second-order valence-electron chi connectivity index (χ2n) is 5.04. The van der Waals surface area contributed by atoms with Crippen molar-refractivity contribution in [2.24, 2.45) is 0 Å². The van der Waals surface area contributed by atoms with Crippen molar-refractivity contribution in [3.63, 3.8) is 0 Å². The molecule has 19 heavy (non-hydrogen) atoms. The molecule has 0 aromatic heterocycles. The number of nitrogens with zero attached hydrogens (tertiary/aromatic N) is 2. The Kier molecular flexibility index (Phi) is 6.17. The van der Waals surface area contributed by atoms with Gasteiger partial charge in [0.25, 0.3) is 0 Å². The summed E-state index contributed by atoms with van der Waals surface area (Å²) in [6, 6.07) is 8.89. The highest BCUT2D eigenvalue weighted by Crippen LogP contribution is 2.16. The van der Waals surface area contributed by atoms with Gasteiger partial charge in [0.05, 0.1) is 6.61 Å². The van der Waals surface area contributed by atoms with E-state index in [1.807, 2.05) is 0 Å². The van der Waals surface area contributed by atoms with Crippen LogP contribution in [0.4, 0.5) is 0 Å². The lowest BCUT2D eigenvalue weighted by molar-refractivity contribution is 0.196. The number of thioether (sulfide) groups is 1. The van der Waals surface area contributed by atoms with E-state index in [0.29, 0.717) is 0 Å². The van der Waals surface area contributed by atoms with E-state index in [1.54, 1.807) is 11.8 Å². The topological polar surface area (TPSA) is 26.7 Å². The fourth-order valence-corrected chi connectivity index (χ4v) is 2.94. The zero-order valence-corrected chi connectivity index (χ0v) is 12.5. The highest BCUT2D eigenvalue weighted by atomic mass is 32.2. The van der Waals surface area contributed by atoms with Gasteiger partial charge in [-0.2, -0.15) is 0 Å². The van der Waals surface area contributed by atoms with Crippen molar-refractivity contribution in [3.8, 4) is 0 Å². The van der Waals surface area contributed by atoms with Crippen LogP contribution in [0.15, 0.2) is 29.2 Å². The lowest BCUT2D eigenvalue weighted by Crippen LogP contribution is -2.32. The van der Waals surface area contributed by atoms with Crippen molar-refractivity contribution in [1.82, 2.24) is 9.80 Å². The predicted molar refractivity (Wildman–Crippen MR) is 81.6 cm³/mol. The molecule has 0 aliphatic carbocycles. The molecule has 0 atom stereocenters. The van der Waals surface area contributed by atoms with Gasteiger partial charge in [-0.05, 0) is 43.5 Å². The number of hydrogen-bond donors (Lipinski definition) is 1. The molecule has 0 spiro atoms. The van der Waals surface area contributed by atoms with Crippen molar-refractivity contribution < 1.29 is 5.11 Å². The number of rotatable bonds is 5. The molecule has 1 aromatic carbocycles. The van der Waals surface area contributed by atoms with E-state index in [-0.39, 0.29) is 6.61 Å². The van der Waals surface area contributed by atoms with Crippen LogP contribution >= 0.6 is 11.8 Å². The monoisotopic (exact) mass is 280 g/mol. The largest absolute Gasteiger partial charge is 0.395 e. The number of hydrogen-bond acceptors (Lipinski definition) is 4. The van der Waals surface area contributed by atoms with E-state index < -0.39 is 0 Å². The first-order valence-electron chi connectivity index (χ1n) is 7.00. The molecule has 0 amide bonds. The molecule has 1 aromatic rings. The first kappa shape index (κ1) is 14.9. The van der Waals surface area contributed by atoms with Crippen molar-refractivity contribution >= 4 is 11.8 Å². The van der Waals surface area contributed by atoms with Crippen molar-refractivity contribution in [1.29, 1.82) is 0 Å². The molecule has 1 N–H and O–H groups in total. The van der Waals surface area contributed by atoms with Gasteiger partial charge in [-0.15, -0.1) is 11.8 Å². The molecule has 3 nitrogen and oxygen atoms in total. The van der Waals surface area contributed by atoms with Gasteiger partial charge in [-0.25, -0.2) is 0 Å². The molecule has 0 bridgehead atoms. The summed E-state index contributed by atoms with van der Waals surface area (Å²) in [6.45, 7) is 6.58. The van der Waals surface area contributed by atoms with Crippen LogP contribution in [0.2, 0.25) is 0 Å². The Morgan fingerprint density at radius 2 is 1.74 bits per heavy atom. The van der Waals surface area contributed by atoms with Gasteiger partial charge < -0.3 is 5.11 Å². The van der Waals surface area contributed by atoms with E-state index >= 15 is 0 Å². The molecule has 1 aliphatic heterocycles. The van der Waals surface area contributed by atoms with Gasteiger partial charge in [0, 0.05) is 31.1 Å². The summed E-state index contributed by atoms with van der Waals surface area (Å²) in [5.41, 5.74) is 1.40. The number of aliphatic hydroxyl groups excluding tert-OH is 1. The molecule has 1 heterocycles. The highest BCUT2D eigenvalue weighted by Gasteiger charge is 2.14. The zero-order valence-electron chi connectivity index (χ0n) is 11.7. The van der Waals surface area contributed by atoms with Crippen LogP contribution in [0, 0.1) is 0 Å². The van der Waals surface area contributed by atoms with Crippen molar-refractivity contribution in [2.45, 2.75) is 17.9 Å². The average molecular weight is 280 g/mol. The van der Waals surface area contributed by atoms with E-state index in [0.717, 1.165) is 39.3 Å². The summed E-state index contributed by atoms with van der Waals surface area (Å²) in [7, 11) is 0. The summed E-state index contributed by atoms with van der Waals surface area (Å²) in [5.74, 6) is 0. The Balaban J connectivity index is 1.84. The lowest BCUT2D eigenvalue weighted by atomic mass is 10.2. The maximum absolute atomic E-state index is 9.00. The van der Waals surface area contributed by atoms with E-state index in [4.69, 9.17) is 5.11 Å². The molecule has 1 fully saturated rings. The van der Waals surface area contributed by atoms with Crippen LogP contribution in [0.1, 0.15) is 12.0 Å². The molecule has 1 saturated heterocycles. The molecule has 0 unspecified atom stereocenters. The highest BCUT2D eigenvalue weighted by molar-refractivity contribution is 7.98. The van der Waals surface area contributed by atoms with Crippen LogP contribution in [-0.4, -0.2) is 60.5 Å². The summed E-state index contributed by atoms with van der Waals surface area (Å²) in [5, 5.41) is 9.00. The fraction of sp³-hybridized carbons (Fsp3) is 0.600. The van der Waals surface area contributed by atoms with Gasteiger partial charge >= 0.3 is 0 Å². The molecule has 1 aliphatic rings. The third-order valence-corrected chi connectivity index (χ3v) is 4.41. The number of benzene rings is 1. The summed E-state index contributed by atoms with van der Waals surface area (Å²) in [4.78, 5) is 6.20. The third kappa shape index (κ3) is 4.80. The van der Waals surface area contributed by atoms with Gasteiger partial charge in [0.1, 0.15) is 0 Å². The maximum atomic E-state index is 9.00. The second-order valence-corrected chi connectivity index (χ2v) is 5.92. The Bertz CT molecular complexity index is 369. The average Bonchev–Trinajstić information content (AvgIpc) is 2.66. The van der Waals surface area contributed by atoms with E-state index in [2.05, 4.69) is 40.3 Å². The van der Waals surface area contributed by atoms with Gasteiger partial charge in [0.15, 0.2) is 0 Å². The normalized spacial score (nSPS) is 18.4. The Labute approximate surface area is 120 Å². The molecule has 0 saturated carbocycles. The number of aliphatic hydroxyl groups is 1. The first-order chi connectivity index (χ1) is 9.31. The Morgan fingerprint density at radius 3 is 2.42 bits per heavy atom. The Morgan fingerprint density at radius 1 is 1.05 bits per heavy atom. The minimum atomic E-state index is 0.274. The molecular weight excluding hydrogens is 256 g/mol. The van der Waals surface area contributed by atoms with Crippen molar-refractivity contribution in [3.05, 3.63) is 29.8 Å². The summed E-state index contributed by atoms with van der Waals surface area (Å²) in [6.07, 6.45) is 3.31. The standard InChI is InChI=1S/C15H24N2OS/c1-19-15-5-3-14(4-6-15)13-17-8-2-7-16(9-10-17)11-12-18/h3-6,18H,2,7-13H2,1H3. The molecule has 0 radical (unpaired) electrons. The molecule has 2 rings (SSSR count). The van der Waals surface area contributed by atoms with Crippen LogP contribution in [0.5, 0.6) is 0 Å². The van der Waals surface area contributed by atoms with Gasteiger partial charge in [-0.1, -0.05) is 12.1 Å². The minimum absolute atomic E-state index is 0.274. The third-order valence-electron chi connectivity index (χ3n) is 3.66. The molecular formula is C15H24N2OS. The first-order valence-corrected chi connectivity index (χ1v) is 8.23. The van der Waals surface area contributed by atoms with E-state index in [9.17, 15) is 0 Å². The van der Waals surface area contributed by atoms with E-state index in [1.165, 1.54) is 16.9 Å². The minimum Gasteiger partial charge on any atom is -0.395 e. The van der Waals surface area contributed by atoms with Crippen LogP contribution in [-0.2, 0) is 6.54 Å². The lowest BCUT2D eigenvalue weighted by Gasteiger charge is -2.21. The number of β-amino-alcohol motifs (C(OH)–C–C–N with tert-alkyl or cyclic N) is 1. The zero-order chi connectivity index (χ0) is 13.5. The molecule has 4 heteroatoms. The summed E-state index contributed by atoms with van der Waals surface area (Å²) < 4.78 is 0. The maximum Gasteiger partial charge on any atom is 0.0558 e. The van der Waals surface area contributed by atoms with Crippen LogP contribution in [0.3, 0.4) is 0 Å². The molecule has 106 valence electrons. The predicted octanol–water partition coefficient (Wildman–Crippen LogP) is 1.91. The quantitative estimate of drug-likeness (QED) is 0.834. The SMILES string of the molecule is CSc1ccc(CN2CCCN(CCO)CC2)cc1. The van der Waals surface area contributed by atoms with Crippen LogP contribution < -0.4 is 0 Å². The second kappa shape index (κ2) is 7.90. The van der Waals surface area contributed by atoms with Gasteiger partial charge in [0.2, 0.25) is 0 Å². The smallest absolute Gasteiger partial charge is 0.0558 e. The van der Waals surface area contributed by atoms with Gasteiger partial charge in [-0.3, -0.25) is 9.80 Å².